The van der Waals surface area contributed by atoms with Gasteiger partial charge in [-0.2, -0.15) is 0 Å². The van der Waals surface area contributed by atoms with Crippen LogP contribution in [0, 0.1) is 11.3 Å². The van der Waals surface area contributed by atoms with Crippen molar-refractivity contribution in [1.29, 1.82) is 0 Å². The topological polar surface area (TPSA) is 43.4 Å². The molecule has 0 heterocycles. The molecule has 1 unspecified atom stereocenters. The fraction of sp³-hybridized carbons (Fsp3) is 0.529. The molecule has 0 spiro atoms. The third-order valence-corrected chi connectivity index (χ3v) is 6.11. The Balaban J connectivity index is 1.98. The summed E-state index contributed by atoms with van der Waals surface area (Å²) in [5.41, 5.74) is 0.929. The van der Waals surface area contributed by atoms with Crippen LogP contribution < -0.4 is 4.74 Å². The zero-order chi connectivity index (χ0) is 16.8. The SMILES string of the molecule is CC1(C2CCCC2)Cc2cc(OCC(=O)Cl)c(Cl)c(Cl)c2C1=O. The number of carbonyl (C=O) groups excluding carboxylic acids is 2. The summed E-state index contributed by atoms with van der Waals surface area (Å²) in [5.74, 6) is 0.755. The molecule has 2 aliphatic rings. The van der Waals surface area contributed by atoms with Crippen LogP contribution in [0.2, 0.25) is 10.0 Å². The van der Waals surface area contributed by atoms with Gasteiger partial charge >= 0.3 is 0 Å². The Hall–Kier alpha value is -0.770. The highest BCUT2D eigenvalue weighted by molar-refractivity contribution is 6.64. The minimum atomic E-state index is -0.621. The molecule has 0 amide bonds. The van der Waals surface area contributed by atoms with Crippen molar-refractivity contribution in [3.8, 4) is 5.75 Å². The Kier molecular flexibility index (Phi) is 4.65. The largest absolute Gasteiger partial charge is 0.483 e. The van der Waals surface area contributed by atoms with Crippen LogP contribution in [0.5, 0.6) is 5.75 Å². The number of carbonyl (C=O) groups is 2. The van der Waals surface area contributed by atoms with Crippen LogP contribution in [0.25, 0.3) is 0 Å². The molecule has 124 valence electrons. The van der Waals surface area contributed by atoms with Gasteiger partial charge in [-0.25, -0.2) is 0 Å². The van der Waals surface area contributed by atoms with Gasteiger partial charge in [-0.15, -0.1) is 0 Å². The minimum absolute atomic E-state index is 0.0752. The molecule has 3 rings (SSSR count). The van der Waals surface area contributed by atoms with Crippen LogP contribution in [0.15, 0.2) is 6.07 Å². The predicted molar refractivity (Wildman–Crippen MR) is 90.9 cm³/mol. The molecule has 0 saturated heterocycles. The van der Waals surface area contributed by atoms with E-state index in [1.807, 2.05) is 6.92 Å². The molecule has 0 aromatic heterocycles. The summed E-state index contributed by atoms with van der Waals surface area (Å²) in [6, 6.07) is 1.72. The molecule has 6 heteroatoms. The molecule has 1 aromatic rings. The monoisotopic (exact) mass is 374 g/mol. The molecular formula is C17H17Cl3O3. The fourth-order valence-corrected chi connectivity index (χ4v) is 4.49. The summed E-state index contributed by atoms with van der Waals surface area (Å²) in [5, 5.41) is -0.246. The summed E-state index contributed by atoms with van der Waals surface area (Å²) in [6.07, 6.45) is 5.13. The van der Waals surface area contributed by atoms with E-state index in [9.17, 15) is 9.59 Å². The van der Waals surface area contributed by atoms with Gasteiger partial charge in [-0.1, -0.05) is 43.0 Å². The molecule has 1 saturated carbocycles. The van der Waals surface area contributed by atoms with Gasteiger partial charge in [0.15, 0.2) is 12.4 Å². The van der Waals surface area contributed by atoms with Crippen LogP contribution in [-0.2, 0) is 11.2 Å². The first-order valence-electron chi connectivity index (χ1n) is 7.71. The normalized spacial score (nSPS) is 24.1. The summed E-state index contributed by atoms with van der Waals surface area (Å²) in [7, 11) is 0. The fourth-order valence-electron chi connectivity index (χ4n) is 3.93. The zero-order valence-corrected chi connectivity index (χ0v) is 15.0. The van der Waals surface area contributed by atoms with E-state index in [2.05, 4.69) is 0 Å². The predicted octanol–water partition coefficient (Wildman–Crippen LogP) is 5.07. The van der Waals surface area contributed by atoms with Crippen molar-refractivity contribution in [2.75, 3.05) is 6.61 Å². The van der Waals surface area contributed by atoms with E-state index in [1.54, 1.807) is 6.07 Å². The lowest BCUT2D eigenvalue weighted by Crippen LogP contribution is -2.32. The number of ketones is 1. The first-order valence-corrected chi connectivity index (χ1v) is 8.85. The van der Waals surface area contributed by atoms with Gasteiger partial charge in [0.25, 0.3) is 5.24 Å². The smallest absolute Gasteiger partial charge is 0.259 e. The van der Waals surface area contributed by atoms with E-state index in [0.29, 0.717) is 23.7 Å². The van der Waals surface area contributed by atoms with E-state index >= 15 is 0 Å². The Morgan fingerprint density at radius 1 is 1.30 bits per heavy atom. The number of fused-ring (bicyclic) bond motifs is 1. The number of hydrogen-bond acceptors (Lipinski definition) is 3. The van der Waals surface area contributed by atoms with Gasteiger partial charge in [0.05, 0.1) is 5.02 Å². The van der Waals surface area contributed by atoms with E-state index in [0.717, 1.165) is 18.4 Å². The zero-order valence-electron chi connectivity index (χ0n) is 12.8. The first kappa shape index (κ1) is 17.1. The minimum Gasteiger partial charge on any atom is -0.483 e. The summed E-state index contributed by atoms with van der Waals surface area (Å²) >= 11 is 17.8. The molecule has 1 fully saturated rings. The number of ether oxygens (including phenoxy) is 1. The maximum Gasteiger partial charge on any atom is 0.259 e. The number of benzene rings is 1. The van der Waals surface area contributed by atoms with Crippen molar-refractivity contribution in [2.24, 2.45) is 11.3 Å². The van der Waals surface area contributed by atoms with Crippen molar-refractivity contribution >= 4 is 45.8 Å². The average Bonchev–Trinajstić information content (AvgIpc) is 3.10. The maximum absolute atomic E-state index is 13.0. The first-order chi connectivity index (χ1) is 10.8. The van der Waals surface area contributed by atoms with E-state index < -0.39 is 10.7 Å². The molecule has 0 aliphatic heterocycles. The highest BCUT2D eigenvalue weighted by Crippen LogP contribution is 2.52. The highest BCUT2D eigenvalue weighted by Gasteiger charge is 2.49. The molecule has 0 N–H and O–H groups in total. The van der Waals surface area contributed by atoms with Crippen LogP contribution in [-0.4, -0.2) is 17.6 Å². The second kappa shape index (κ2) is 6.27. The summed E-state index contributed by atoms with van der Waals surface area (Å²) in [4.78, 5) is 23.9. The lowest BCUT2D eigenvalue weighted by Gasteiger charge is -2.29. The van der Waals surface area contributed by atoms with E-state index in [4.69, 9.17) is 39.5 Å². The average molecular weight is 376 g/mol. The van der Waals surface area contributed by atoms with Crippen LogP contribution in [0.3, 0.4) is 0 Å². The van der Waals surface area contributed by atoms with Crippen LogP contribution in [0.1, 0.15) is 48.5 Å². The van der Waals surface area contributed by atoms with Crippen molar-refractivity contribution in [3.63, 3.8) is 0 Å². The Morgan fingerprint density at radius 2 is 1.96 bits per heavy atom. The van der Waals surface area contributed by atoms with Crippen LogP contribution >= 0.6 is 34.8 Å². The molecule has 23 heavy (non-hydrogen) atoms. The second-order valence-corrected chi connectivity index (χ2v) is 7.76. The number of Topliss-reactive ketones (excluding diaryl/α,β-unsaturated/α-hetero) is 1. The van der Waals surface area contributed by atoms with Gasteiger partial charge in [0.2, 0.25) is 0 Å². The van der Waals surface area contributed by atoms with E-state index in [1.165, 1.54) is 12.8 Å². The number of rotatable bonds is 4. The molecule has 1 aromatic carbocycles. The van der Waals surface area contributed by atoms with Gasteiger partial charge in [0.1, 0.15) is 10.8 Å². The molecule has 0 bridgehead atoms. The molecular weight excluding hydrogens is 359 g/mol. The van der Waals surface area contributed by atoms with Crippen LogP contribution in [0.4, 0.5) is 0 Å². The lowest BCUT2D eigenvalue weighted by atomic mass is 9.73. The molecule has 3 nitrogen and oxygen atoms in total. The number of halogens is 3. The summed E-state index contributed by atoms with van der Waals surface area (Å²) in [6.45, 7) is 1.74. The third-order valence-electron chi connectivity index (χ3n) is 5.16. The Labute approximate surface area is 150 Å². The summed E-state index contributed by atoms with van der Waals surface area (Å²) < 4.78 is 5.32. The molecule has 2 aliphatic carbocycles. The number of hydrogen-bond donors (Lipinski definition) is 0. The van der Waals surface area contributed by atoms with Gasteiger partial charge in [0, 0.05) is 11.0 Å². The van der Waals surface area contributed by atoms with Crippen molar-refractivity contribution in [1.82, 2.24) is 0 Å². The van der Waals surface area contributed by atoms with E-state index in [-0.39, 0.29) is 22.4 Å². The van der Waals surface area contributed by atoms with Crippen molar-refractivity contribution in [2.45, 2.75) is 39.0 Å². The highest BCUT2D eigenvalue weighted by atomic mass is 35.5. The third kappa shape index (κ3) is 2.88. The van der Waals surface area contributed by atoms with Gasteiger partial charge in [-0.05, 0) is 48.4 Å². The quantitative estimate of drug-likeness (QED) is 0.690. The molecule has 0 radical (unpaired) electrons. The maximum atomic E-state index is 13.0. The Morgan fingerprint density at radius 3 is 2.57 bits per heavy atom. The lowest BCUT2D eigenvalue weighted by molar-refractivity contribution is -0.113. The van der Waals surface area contributed by atoms with Gasteiger partial charge < -0.3 is 4.74 Å². The van der Waals surface area contributed by atoms with Crippen molar-refractivity contribution < 1.29 is 14.3 Å². The standard InChI is InChI=1S/C17H17Cl3O3/c1-17(10-4-2-3-5-10)7-9-6-11(23-8-12(18)21)14(19)15(20)13(9)16(17)22/h6,10H,2-5,7-8H2,1H3. The Bertz CT molecular complexity index is 680. The van der Waals surface area contributed by atoms with Crippen molar-refractivity contribution in [3.05, 3.63) is 27.2 Å². The second-order valence-electron chi connectivity index (χ2n) is 6.59. The molecule has 1 atom stereocenters. The van der Waals surface area contributed by atoms with Gasteiger partial charge in [-0.3, -0.25) is 9.59 Å².